The van der Waals surface area contributed by atoms with Crippen LogP contribution >= 0.6 is 0 Å². The maximum atomic E-state index is 8.75. The summed E-state index contributed by atoms with van der Waals surface area (Å²) >= 11 is 0. The first-order valence-electron chi connectivity index (χ1n) is 3.92. The first-order valence-corrected chi connectivity index (χ1v) is 3.92. The van der Waals surface area contributed by atoms with Crippen LogP contribution < -0.4 is 5.32 Å². The molecular weight excluding hydrogens is 160 g/mol. The molecule has 13 heavy (non-hydrogen) atoms. The Morgan fingerprint density at radius 3 is 2.54 bits per heavy atom. The summed E-state index contributed by atoms with van der Waals surface area (Å²) in [5, 5.41) is 11.5. The van der Waals surface area contributed by atoms with E-state index in [2.05, 4.69) is 17.4 Å². The van der Waals surface area contributed by atoms with Gasteiger partial charge in [-0.1, -0.05) is 6.42 Å². The summed E-state index contributed by atoms with van der Waals surface area (Å²) in [6.45, 7) is 3.81. The van der Waals surface area contributed by atoms with Gasteiger partial charge in [-0.05, 0) is 37.1 Å². The average molecular weight is 170 g/mol. The second-order valence-electron chi connectivity index (χ2n) is 2.86. The van der Waals surface area contributed by atoms with E-state index in [-0.39, 0.29) is 0 Å². The largest absolute Gasteiger partial charge is 0.315 e. The molecule has 0 aliphatic rings. The maximum absolute atomic E-state index is 8.75. The van der Waals surface area contributed by atoms with Crippen molar-refractivity contribution in [3.63, 3.8) is 0 Å². The van der Waals surface area contributed by atoms with E-state index in [1.807, 2.05) is 26.0 Å². The van der Waals surface area contributed by atoms with Gasteiger partial charge in [-0.15, -0.1) is 0 Å². The number of terminal acetylenes is 1. The highest BCUT2D eigenvalue weighted by molar-refractivity contribution is 5.59. The van der Waals surface area contributed by atoms with E-state index in [9.17, 15) is 0 Å². The lowest BCUT2D eigenvalue weighted by Crippen LogP contribution is -1.94. The Morgan fingerprint density at radius 1 is 1.31 bits per heavy atom. The molecule has 64 valence electrons. The van der Waals surface area contributed by atoms with Gasteiger partial charge in [0.25, 0.3) is 0 Å². The Balaban J connectivity index is 3.24. The third-order valence-corrected chi connectivity index (χ3v) is 1.90. The van der Waals surface area contributed by atoms with Crippen LogP contribution in [0.25, 0.3) is 0 Å². The van der Waals surface area contributed by atoms with Gasteiger partial charge in [0.2, 0.25) is 0 Å². The van der Waals surface area contributed by atoms with Gasteiger partial charge in [-0.3, -0.25) is 0 Å². The van der Waals surface area contributed by atoms with Gasteiger partial charge in [-0.25, -0.2) is 0 Å². The zero-order chi connectivity index (χ0) is 9.84. The van der Waals surface area contributed by atoms with E-state index in [0.29, 0.717) is 5.56 Å². The Kier molecular flexibility index (Phi) is 2.57. The third kappa shape index (κ3) is 1.80. The molecule has 1 N–H and O–H groups in total. The van der Waals surface area contributed by atoms with E-state index in [1.165, 1.54) is 0 Å². The Morgan fingerprint density at radius 2 is 2.00 bits per heavy atom. The molecule has 0 fully saturated rings. The van der Waals surface area contributed by atoms with Crippen LogP contribution in [0.3, 0.4) is 0 Å². The van der Waals surface area contributed by atoms with Crippen LogP contribution in [0, 0.1) is 37.6 Å². The van der Waals surface area contributed by atoms with Crippen LogP contribution in [0.2, 0.25) is 0 Å². The van der Waals surface area contributed by atoms with Crippen molar-refractivity contribution in [3.05, 3.63) is 28.8 Å². The fourth-order valence-electron chi connectivity index (χ4n) is 1.15. The monoisotopic (exact) mass is 170 g/mol. The Labute approximate surface area is 78.2 Å². The Bertz CT molecular complexity index is 405. The van der Waals surface area contributed by atoms with Gasteiger partial charge in [0.05, 0.1) is 11.6 Å². The number of nitriles is 1. The number of nitrogens with zero attached hydrogens (tertiary/aromatic N) is 1. The summed E-state index contributed by atoms with van der Waals surface area (Å²) < 4.78 is 0. The van der Waals surface area contributed by atoms with Crippen LogP contribution in [-0.2, 0) is 0 Å². The molecule has 2 heteroatoms. The van der Waals surface area contributed by atoms with Crippen molar-refractivity contribution in [2.75, 3.05) is 5.32 Å². The lowest BCUT2D eigenvalue weighted by Gasteiger charge is -2.06. The lowest BCUT2D eigenvalue weighted by atomic mass is 10.0. The van der Waals surface area contributed by atoms with Crippen molar-refractivity contribution in [2.24, 2.45) is 0 Å². The summed E-state index contributed by atoms with van der Waals surface area (Å²) in [5.74, 6) is 0. The molecule has 0 heterocycles. The minimum absolute atomic E-state index is 0.695. The van der Waals surface area contributed by atoms with E-state index in [0.717, 1.165) is 16.8 Å². The fraction of sp³-hybridized carbons (Fsp3) is 0.182. The predicted octanol–water partition coefficient (Wildman–Crippen LogP) is 2.18. The van der Waals surface area contributed by atoms with Gasteiger partial charge in [0.1, 0.15) is 0 Å². The molecule has 1 rings (SSSR count). The summed E-state index contributed by atoms with van der Waals surface area (Å²) in [5.41, 5.74) is 3.50. The molecule has 0 saturated heterocycles. The summed E-state index contributed by atoms with van der Waals surface area (Å²) in [6.07, 6.45) is 5.12. The molecule has 0 unspecified atom stereocenters. The first-order chi connectivity index (χ1) is 6.19. The molecule has 0 radical (unpaired) electrons. The number of rotatable bonds is 1. The predicted molar refractivity (Wildman–Crippen MR) is 53.1 cm³/mol. The van der Waals surface area contributed by atoms with Crippen LogP contribution in [0.1, 0.15) is 16.7 Å². The van der Waals surface area contributed by atoms with Gasteiger partial charge < -0.3 is 5.32 Å². The van der Waals surface area contributed by atoms with Gasteiger partial charge in [0.15, 0.2) is 0 Å². The number of anilines is 1. The molecule has 0 amide bonds. The van der Waals surface area contributed by atoms with Crippen LogP contribution in [0.4, 0.5) is 5.69 Å². The van der Waals surface area contributed by atoms with Crippen LogP contribution in [0.15, 0.2) is 12.1 Å². The zero-order valence-corrected chi connectivity index (χ0v) is 7.68. The normalized spacial score (nSPS) is 8.62. The SMILES string of the molecule is C#CNc1cc(C)c(C#N)cc1C. The minimum atomic E-state index is 0.695. The maximum Gasteiger partial charge on any atom is 0.0994 e. The second kappa shape index (κ2) is 3.65. The second-order valence-corrected chi connectivity index (χ2v) is 2.86. The lowest BCUT2D eigenvalue weighted by molar-refractivity contribution is 1.34. The molecule has 0 atom stereocenters. The van der Waals surface area contributed by atoms with Crippen molar-refractivity contribution in [1.82, 2.24) is 0 Å². The standard InChI is InChI=1S/C11H10N2/c1-4-13-11-6-8(2)10(7-12)5-9(11)3/h1,5-6,13H,2-3H3. The molecule has 0 aromatic heterocycles. The molecule has 1 aromatic carbocycles. The van der Waals surface area contributed by atoms with Crippen LogP contribution in [-0.4, -0.2) is 0 Å². The number of nitrogens with one attached hydrogen (secondary N) is 1. The fourth-order valence-corrected chi connectivity index (χ4v) is 1.15. The number of hydrogen-bond donors (Lipinski definition) is 1. The summed E-state index contributed by atoms with van der Waals surface area (Å²) in [6, 6.07) is 8.19. The zero-order valence-electron chi connectivity index (χ0n) is 7.68. The molecule has 0 aliphatic carbocycles. The van der Waals surface area contributed by atoms with Crippen molar-refractivity contribution >= 4 is 5.69 Å². The van der Waals surface area contributed by atoms with Crippen molar-refractivity contribution in [1.29, 1.82) is 5.26 Å². The quantitative estimate of drug-likeness (QED) is 0.518. The number of benzene rings is 1. The number of aryl methyl sites for hydroxylation is 2. The highest BCUT2D eigenvalue weighted by Crippen LogP contribution is 2.19. The molecule has 1 aromatic rings. The Hall–Kier alpha value is -1.93. The van der Waals surface area contributed by atoms with E-state index >= 15 is 0 Å². The first kappa shape index (κ1) is 9.16. The van der Waals surface area contributed by atoms with E-state index < -0.39 is 0 Å². The molecular formula is C11H10N2. The average Bonchev–Trinajstić information content (AvgIpc) is 2.11. The highest BCUT2D eigenvalue weighted by Gasteiger charge is 2.02. The van der Waals surface area contributed by atoms with E-state index in [1.54, 1.807) is 0 Å². The summed E-state index contributed by atoms with van der Waals surface area (Å²) in [4.78, 5) is 0. The molecule has 0 aliphatic heterocycles. The summed E-state index contributed by atoms with van der Waals surface area (Å²) in [7, 11) is 0. The van der Waals surface area contributed by atoms with Crippen LogP contribution in [0.5, 0.6) is 0 Å². The van der Waals surface area contributed by atoms with Crippen molar-refractivity contribution < 1.29 is 0 Å². The van der Waals surface area contributed by atoms with Crippen molar-refractivity contribution in [3.8, 4) is 18.5 Å². The topological polar surface area (TPSA) is 35.8 Å². The third-order valence-electron chi connectivity index (χ3n) is 1.90. The molecule has 0 saturated carbocycles. The molecule has 0 bridgehead atoms. The van der Waals surface area contributed by atoms with E-state index in [4.69, 9.17) is 11.7 Å². The van der Waals surface area contributed by atoms with Gasteiger partial charge >= 0.3 is 0 Å². The van der Waals surface area contributed by atoms with Gasteiger partial charge in [0, 0.05) is 11.7 Å². The molecule has 0 spiro atoms. The minimum Gasteiger partial charge on any atom is -0.315 e. The molecule has 2 nitrogen and oxygen atoms in total. The van der Waals surface area contributed by atoms with Crippen molar-refractivity contribution in [2.45, 2.75) is 13.8 Å². The smallest absolute Gasteiger partial charge is 0.0994 e. The van der Waals surface area contributed by atoms with Gasteiger partial charge in [-0.2, -0.15) is 5.26 Å². The highest BCUT2D eigenvalue weighted by atomic mass is 14.8. The number of hydrogen-bond acceptors (Lipinski definition) is 2.